The Hall–Kier alpha value is -1.40. The van der Waals surface area contributed by atoms with Gasteiger partial charge in [0.2, 0.25) is 0 Å². The molecule has 0 saturated carbocycles. The SMILES string of the molecule is CCNC(C)c1ccc(N2CCn3cnnc3C2)c(Br)c1. The fraction of sp³-hybridized carbons (Fsp3) is 0.467. The standard InChI is InChI=1S/C15H20BrN5/c1-3-17-11(2)12-4-5-14(13(16)8-12)20-6-7-21-10-18-19-15(21)9-20/h4-5,8,10-11,17H,3,6-7,9H2,1-2H3. The molecule has 0 radical (unpaired) electrons. The van der Waals surface area contributed by atoms with E-state index in [-0.39, 0.29) is 0 Å². The summed E-state index contributed by atoms with van der Waals surface area (Å²) in [6.07, 6.45) is 1.81. The van der Waals surface area contributed by atoms with Crippen molar-refractivity contribution in [3.05, 3.63) is 40.4 Å². The summed E-state index contributed by atoms with van der Waals surface area (Å²) in [6, 6.07) is 6.97. The normalized spacial score (nSPS) is 15.9. The number of halogens is 1. The molecular formula is C15H20BrN5. The Morgan fingerprint density at radius 3 is 3.00 bits per heavy atom. The van der Waals surface area contributed by atoms with Crippen LogP contribution in [0, 0.1) is 0 Å². The number of rotatable bonds is 4. The molecule has 2 heterocycles. The fourth-order valence-corrected chi connectivity index (χ4v) is 3.39. The first-order valence-electron chi connectivity index (χ1n) is 7.33. The van der Waals surface area contributed by atoms with Gasteiger partial charge in [0, 0.05) is 23.6 Å². The van der Waals surface area contributed by atoms with Crippen LogP contribution in [0.2, 0.25) is 0 Å². The number of nitrogens with zero attached hydrogens (tertiary/aromatic N) is 4. The highest BCUT2D eigenvalue weighted by Gasteiger charge is 2.19. The molecule has 0 amide bonds. The number of hydrogen-bond donors (Lipinski definition) is 1. The van der Waals surface area contributed by atoms with E-state index < -0.39 is 0 Å². The van der Waals surface area contributed by atoms with Gasteiger partial charge in [0.25, 0.3) is 0 Å². The summed E-state index contributed by atoms with van der Waals surface area (Å²) in [6.45, 7) is 8.01. The molecule has 1 aliphatic rings. The molecule has 0 bridgehead atoms. The van der Waals surface area contributed by atoms with Crippen LogP contribution in [0.1, 0.15) is 31.3 Å². The molecular weight excluding hydrogens is 330 g/mol. The maximum absolute atomic E-state index is 4.18. The molecule has 112 valence electrons. The zero-order valence-electron chi connectivity index (χ0n) is 12.4. The molecule has 0 saturated heterocycles. The summed E-state index contributed by atoms with van der Waals surface area (Å²) in [5.41, 5.74) is 2.52. The first kappa shape index (κ1) is 14.5. The average Bonchev–Trinajstić information content (AvgIpc) is 2.94. The zero-order valence-corrected chi connectivity index (χ0v) is 14.0. The lowest BCUT2D eigenvalue weighted by atomic mass is 10.1. The van der Waals surface area contributed by atoms with E-state index in [0.29, 0.717) is 6.04 Å². The van der Waals surface area contributed by atoms with Gasteiger partial charge in [-0.15, -0.1) is 10.2 Å². The van der Waals surface area contributed by atoms with Crippen molar-refractivity contribution in [3.8, 4) is 0 Å². The largest absolute Gasteiger partial charge is 0.361 e. The van der Waals surface area contributed by atoms with E-state index >= 15 is 0 Å². The lowest BCUT2D eigenvalue weighted by molar-refractivity contribution is 0.559. The molecule has 1 aromatic carbocycles. The second kappa shape index (κ2) is 6.15. The molecule has 1 N–H and O–H groups in total. The first-order valence-corrected chi connectivity index (χ1v) is 8.12. The van der Waals surface area contributed by atoms with Crippen LogP contribution in [-0.4, -0.2) is 27.9 Å². The highest BCUT2D eigenvalue weighted by Crippen LogP contribution is 2.31. The summed E-state index contributed by atoms with van der Waals surface area (Å²) in [4.78, 5) is 2.34. The van der Waals surface area contributed by atoms with Crippen LogP contribution in [-0.2, 0) is 13.1 Å². The van der Waals surface area contributed by atoms with Gasteiger partial charge in [-0.3, -0.25) is 0 Å². The van der Waals surface area contributed by atoms with Gasteiger partial charge in [-0.2, -0.15) is 0 Å². The van der Waals surface area contributed by atoms with Gasteiger partial charge in [0.15, 0.2) is 5.82 Å². The number of benzene rings is 1. The van der Waals surface area contributed by atoms with Crippen LogP contribution in [0.5, 0.6) is 0 Å². The van der Waals surface area contributed by atoms with E-state index in [2.05, 4.69) is 73.0 Å². The van der Waals surface area contributed by atoms with Gasteiger partial charge in [0.1, 0.15) is 6.33 Å². The fourth-order valence-electron chi connectivity index (χ4n) is 2.74. The van der Waals surface area contributed by atoms with E-state index in [1.165, 1.54) is 11.3 Å². The van der Waals surface area contributed by atoms with Crippen molar-refractivity contribution >= 4 is 21.6 Å². The van der Waals surface area contributed by atoms with Gasteiger partial charge >= 0.3 is 0 Å². The lowest BCUT2D eigenvalue weighted by Gasteiger charge is -2.30. The smallest absolute Gasteiger partial charge is 0.152 e. The quantitative estimate of drug-likeness (QED) is 0.921. The number of anilines is 1. The van der Waals surface area contributed by atoms with Crippen molar-refractivity contribution in [2.75, 3.05) is 18.0 Å². The molecule has 2 aromatic rings. The maximum atomic E-state index is 4.18. The Kier molecular flexibility index (Phi) is 4.26. The summed E-state index contributed by atoms with van der Waals surface area (Å²) in [5, 5.41) is 11.6. The molecule has 1 aliphatic heterocycles. The predicted molar refractivity (Wildman–Crippen MR) is 87.3 cm³/mol. The van der Waals surface area contributed by atoms with Gasteiger partial charge < -0.3 is 14.8 Å². The van der Waals surface area contributed by atoms with Crippen molar-refractivity contribution in [3.63, 3.8) is 0 Å². The predicted octanol–water partition coefficient (Wildman–Crippen LogP) is 2.73. The molecule has 5 nitrogen and oxygen atoms in total. The highest BCUT2D eigenvalue weighted by atomic mass is 79.9. The molecule has 21 heavy (non-hydrogen) atoms. The van der Waals surface area contributed by atoms with E-state index in [0.717, 1.165) is 36.5 Å². The van der Waals surface area contributed by atoms with E-state index in [4.69, 9.17) is 0 Å². The van der Waals surface area contributed by atoms with Crippen LogP contribution in [0.3, 0.4) is 0 Å². The summed E-state index contributed by atoms with van der Waals surface area (Å²) < 4.78 is 3.25. The first-order chi connectivity index (χ1) is 10.2. The van der Waals surface area contributed by atoms with Gasteiger partial charge in [0.05, 0.1) is 12.2 Å². The van der Waals surface area contributed by atoms with Crippen molar-refractivity contribution in [1.82, 2.24) is 20.1 Å². The van der Waals surface area contributed by atoms with Crippen molar-refractivity contribution in [2.45, 2.75) is 33.0 Å². The topological polar surface area (TPSA) is 46.0 Å². The van der Waals surface area contributed by atoms with Crippen LogP contribution in [0.25, 0.3) is 0 Å². The third kappa shape index (κ3) is 2.96. The Balaban J connectivity index is 1.80. The molecule has 3 rings (SSSR count). The van der Waals surface area contributed by atoms with Gasteiger partial charge in [-0.1, -0.05) is 13.0 Å². The Morgan fingerprint density at radius 2 is 2.24 bits per heavy atom. The molecule has 1 aromatic heterocycles. The minimum atomic E-state index is 0.366. The Morgan fingerprint density at radius 1 is 1.38 bits per heavy atom. The van der Waals surface area contributed by atoms with Crippen LogP contribution in [0.4, 0.5) is 5.69 Å². The molecule has 0 fully saturated rings. The van der Waals surface area contributed by atoms with Crippen LogP contribution >= 0.6 is 15.9 Å². The van der Waals surface area contributed by atoms with Gasteiger partial charge in [-0.25, -0.2) is 0 Å². The summed E-state index contributed by atoms with van der Waals surface area (Å²) in [7, 11) is 0. The van der Waals surface area contributed by atoms with E-state index in [1.54, 1.807) is 0 Å². The number of hydrogen-bond acceptors (Lipinski definition) is 4. The van der Waals surface area contributed by atoms with Crippen molar-refractivity contribution in [2.24, 2.45) is 0 Å². The van der Waals surface area contributed by atoms with Crippen LogP contribution in [0.15, 0.2) is 29.0 Å². The second-order valence-electron chi connectivity index (χ2n) is 5.35. The molecule has 0 spiro atoms. The minimum Gasteiger partial charge on any atom is -0.361 e. The highest BCUT2D eigenvalue weighted by molar-refractivity contribution is 9.10. The van der Waals surface area contributed by atoms with Crippen molar-refractivity contribution < 1.29 is 0 Å². The third-order valence-corrected chi connectivity index (χ3v) is 4.60. The minimum absolute atomic E-state index is 0.366. The maximum Gasteiger partial charge on any atom is 0.152 e. The molecule has 1 atom stereocenters. The Labute approximate surface area is 133 Å². The molecule has 0 aliphatic carbocycles. The summed E-state index contributed by atoms with van der Waals surface area (Å²) >= 11 is 3.72. The van der Waals surface area contributed by atoms with Crippen LogP contribution < -0.4 is 10.2 Å². The number of aromatic nitrogens is 3. The van der Waals surface area contributed by atoms with Crippen molar-refractivity contribution in [1.29, 1.82) is 0 Å². The molecule has 6 heteroatoms. The Bertz CT molecular complexity index is 624. The average molecular weight is 350 g/mol. The monoisotopic (exact) mass is 349 g/mol. The molecule has 1 unspecified atom stereocenters. The zero-order chi connectivity index (χ0) is 14.8. The number of nitrogens with one attached hydrogen (secondary N) is 1. The second-order valence-corrected chi connectivity index (χ2v) is 6.21. The summed E-state index contributed by atoms with van der Waals surface area (Å²) in [5.74, 6) is 1.03. The van der Waals surface area contributed by atoms with E-state index in [1.807, 2.05) is 6.33 Å². The lowest BCUT2D eigenvalue weighted by Crippen LogP contribution is -2.33. The number of fused-ring (bicyclic) bond motifs is 1. The van der Waals surface area contributed by atoms with Gasteiger partial charge in [-0.05, 0) is 47.1 Å². The van der Waals surface area contributed by atoms with E-state index in [9.17, 15) is 0 Å². The third-order valence-electron chi connectivity index (χ3n) is 3.96.